The second-order valence-electron chi connectivity index (χ2n) is 1.99. The van der Waals surface area contributed by atoms with Crippen LogP contribution in [0.15, 0.2) is 18.2 Å². The predicted molar refractivity (Wildman–Crippen MR) is 34.7 cm³/mol. The summed E-state index contributed by atoms with van der Waals surface area (Å²) in [6.07, 6.45) is 0. The molecular weight excluding hydrogens is 173 g/mol. The number of halogens is 3. The minimum atomic E-state index is -3.07. The molecule has 0 fully saturated rings. The first-order valence-corrected chi connectivity index (χ1v) is 3.03. The van der Waals surface area contributed by atoms with Crippen LogP contribution in [0.2, 0.25) is 0 Å². The number of phenols is 1. The van der Waals surface area contributed by atoms with Crippen molar-refractivity contribution in [3.63, 3.8) is 0 Å². The molecular formula is C7H5F3O2. The third kappa shape index (κ3) is 2.05. The minimum Gasteiger partial charge on any atom is -0.508 e. The first kappa shape index (κ1) is 8.70. The van der Waals surface area contributed by atoms with Crippen molar-refractivity contribution in [2.45, 2.75) is 6.61 Å². The zero-order chi connectivity index (χ0) is 9.14. The van der Waals surface area contributed by atoms with Crippen molar-refractivity contribution in [2.24, 2.45) is 0 Å². The molecule has 0 radical (unpaired) electrons. The van der Waals surface area contributed by atoms with Gasteiger partial charge in [-0.3, -0.25) is 0 Å². The molecule has 66 valence electrons. The van der Waals surface area contributed by atoms with Gasteiger partial charge in [-0.15, -0.1) is 0 Å². The van der Waals surface area contributed by atoms with Gasteiger partial charge < -0.3 is 9.84 Å². The molecule has 1 rings (SSSR count). The number of alkyl halides is 2. The first-order chi connectivity index (χ1) is 5.59. The number of rotatable bonds is 2. The largest absolute Gasteiger partial charge is 0.508 e. The number of aromatic hydroxyl groups is 1. The van der Waals surface area contributed by atoms with Gasteiger partial charge in [-0.1, -0.05) is 0 Å². The molecule has 0 amide bonds. The van der Waals surface area contributed by atoms with Crippen molar-refractivity contribution in [3.05, 3.63) is 24.0 Å². The lowest BCUT2D eigenvalue weighted by molar-refractivity contribution is -0.0522. The van der Waals surface area contributed by atoms with Crippen molar-refractivity contribution in [3.8, 4) is 11.5 Å². The average Bonchev–Trinajstić information content (AvgIpc) is 1.94. The summed E-state index contributed by atoms with van der Waals surface area (Å²) in [6.45, 7) is -3.07. The van der Waals surface area contributed by atoms with E-state index in [0.717, 1.165) is 12.1 Å². The molecule has 0 saturated carbocycles. The van der Waals surface area contributed by atoms with E-state index in [0.29, 0.717) is 6.07 Å². The van der Waals surface area contributed by atoms with Crippen LogP contribution in [0.4, 0.5) is 13.2 Å². The maximum Gasteiger partial charge on any atom is 0.387 e. The molecule has 5 heteroatoms. The molecule has 0 atom stereocenters. The summed E-state index contributed by atoms with van der Waals surface area (Å²) < 4.78 is 39.5. The Kier molecular flexibility index (Phi) is 2.42. The fourth-order valence-corrected chi connectivity index (χ4v) is 0.681. The Balaban J connectivity index is 2.86. The zero-order valence-electron chi connectivity index (χ0n) is 5.80. The lowest BCUT2D eigenvalue weighted by Gasteiger charge is -2.04. The van der Waals surface area contributed by atoms with Crippen molar-refractivity contribution in [1.82, 2.24) is 0 Å². The second kappa shape index (κ2) is 3.34. The number of ether oxygens (including phenoxy) is 1. The number of hydrogen-bond donors (Lipinski definition) is 1. The van der Waals surface area contributed by atoms with E-state index in [1.165, 1.54) is 0 Å². The molecule has 0 heterocycles. The Bertz CT molecular complexity index is 275. The monoisotopic (exact) mass is 178 g/mol. The molecule has 2 nitrogen and oxygen atoms in total. The van der Waals surface area contributed by atoms with E-state index < -0.39 is 18.2 Å². The Labute approximate surface area is 66.2 Å². The van der Waals surface area contributed by atoms with Gasteiger partial charge in [0.1, 0.15) is 5.75 Å². The Morgan fingerprint density at radius 1 is 1.33 bits per heavy atom. The Morgan fingerprint density at radius 2 is 2.00 bits per heavy atom. The molecule has 1 aromatic rings. The van der Waals surface area contributed by atoms with Crippen LogP contribution in [-0.4, -0.2) is 11.7 Å². The van der Waals surface area contributed by atoms with Crippen LogP contribution in [0, 0.1) is 5.82 Å². The van der Waals surface area contributed by atoms with Crippen LogP contribution in [0.5, 0.6) is 11.5 Å². The van der Waals surface area contributed by atoms with Crippen LogP contribution in [0.3, 0.4) is 0 Å². The second-order valence-corrected chi connectivity index (χ2v) is 1.99. The Hall–Kier alpha value is -1.39. The van der Waals surface area contributed by atoms with Crippen LogP contribution in [-0.2, 0) is 0 Å². The maximum atomic E-state index is 12.6. The number of hydrogen-bond acceptors (Lipinski definition) is 2. The summed E-state index contributed by atoms with van der Waals surface area (Å²) in [7, 11) is 0. The van der Waals surface area contributed by atoms with Gasteiger partial charge >= 0.3 is 6.61 Å². The van der Waals surface area contributed by atoms with Crippen molar-refractivity contribution >= 4 is 0 Å². The molecule has 0 saturated heterocycles. The lowest BCUT2D eigenvalue weighted by atomic mass is 10.3. The van der Waals surface area contributed by atoms with Crippen LogP contribution in [0.1, 0.15) is 0 Å². The van der Waals surface area contributed by atoms with E-state index in [-0.39, 0.29) is 5.75 Å². The highest BCUT2D eigenvalue weighted by Gasteiger charge is 2.09. The maximum absolute atomic E-state index is 12.6. The fourth-order valence-electron chi connectivity index (χ4n) is 0.681. The molecule has 1 N–H and O–H groups in total. The number of phenolic OH excluding ortho intramolecular Hbond substituents is 1. The highest BCUT2D eigenvalue weighted by atomic mass is 19.3. The third-order valence-electron chi connectivity index (χ3n) is 1.13. The van der Waals surface area contributed by atoms with E-state index >= 15 is 0 Å². The van der Waals surface area contributed by atoms with E-state index in [1.54, 1.807) is 0 Å². The standard InChI is InChI=1S/C7H5F3O2/c8-5-3-4(11)1-2-6(5)12-7(9)10/h1-3,7,11H. The van der Waals surface area contributed by atoms with Crippen LogP contribution < -0.4 is 4.74 Å². The molecule has 0 aromatic heterocycles. The van der Waals surface area contributed by atoms with Crippen LogP contribution in [0.25, 0.3) is 0 Å². The van der Waals surface area contributed by atoms with Gasteiger partial charge in [0.05, 0.1) is 0 Å². The molecule has 0 spiro atoms. The smallest absolute Gasteiger partial charge is 0.387 e. The quantitative estimate of drug-likeness (QED) is 0.751. The number of benzene rings is 1. The molecule has 12 heavy (non-hydrogen) atoms. The SMILES string of the molecule is Oc1ccc(OC(F)F)c(F)c1. The fraction of sp³-hybridized carbons (Fsp3) is 0.143. The van der Waals surface area contributed by atoms with Gasteiger partial charge in [-0.05, 0) is 12.1 Å². The van der Waals surface area contributed by atoms with Crippen molar-refractivity contribution in [1.29, 1.82) is 0 Å². The van der Waals surface area contributed by atoms with Gasteiger partial charge in [-0.25, -0.2) is 4.39 Å². The van der Waals surface area contributed by atoms with E-state index in [4.69, 9.17) is 5.11 Å². The first-order valence-electron chi connectivity index (χ1n) is 3.03. The van der Waals surface area contributed by atoms with Gasteiger partial charge in [-0.2, -0.15) is 8.78 Å². The van der Waals surface area contributed by atoms with Crippen molar-refractivity contribution in [2.75, 3.05) is 0 Å². The van der Waals surface area contributed by atoms with Gasteiger partial charge in [0, 0.05) is 6.07 Å². The van der Waals surface area contributed by atoms with E-state index in [1.807, 2.05) is 0 Å². The minimum absolute atomic E-state index is 0.339. The topological polar surface area (TPSA) is 29.5 Å². The van der Waals surface area contributed by atoms with Crippen molar-refractivity contribution < 1.29 is 23.0 Å². The molecule has 0 aliphatic rings. The highest BCUT2D eigenvalue weighted by molar-refractivity contribution is 5.31. The van der Waals surface area contributed by atoms with E-state index in [2.05, 4.69) is 4.74 Å². The van der Waals surface area contributed by atoms with Gasteiger partial charge in [0.15, 0.2) is 11.6 Å². The molecule has 0 unspecified atom stereocenters. The summed E-state index contributed by atoms with van der Waals surface area (Å²) in [5, 5.41) is 8.69. The predicted octanol–water partition coefficient (Wildman–Crippen LogP) is 2.13. The summed E-state index contributed by atoms with van der Waals surface area (Å²) in [6, 6.07) is 2.68. The highest BCUT2D eigenvalue weighted by Crippen LogP contribution is 2.22. The van der Waals surface area contributed by atoms with Crippen LogP contribution >= 0.6 is 0 Å². The molecule has 0 aliphatic carbocycles. The lowest BCUT2D eigenvalue weighted by Crippen LogP contribution is -2.03. The van der Waals surface area contributed by atoms with Gasteiger partial charge in [0.25, 0.3) is 0 Å². The summed E-state index contributed by atoms with van der Waals surface area (Å²) >= 11 is 0. The van der Waals surface area contributed by atoms with E-state index in [9.17, 15) is 13.2 Å². The zero-order valence-corrected chi connectivity index (χ0v) is 5.80. The average molecular weight is 178 g/mol. The summed E-state index contributed by atoms with van der Waals surface area (Å²) in [4.78, 5) is 0. The Morgan fingerprint density at radius 3 is 2.50 bits per heavy atom. The third-order valence-corrected chi connectivity index (χ3v) is 1.13. The van der Waals surface area contributed by atoms with Gasteiger partial charge in [0.2, 0.25) is 0 Å². The molecule has 1 aromatic carbocycles. The summed E-state index contributed by atoms with van der Waals surface area (Å²) in [5.74, 6) is -1.94. The molecule has 0 bridgehead atoms. The normalized spacial score (nSPS) is 10.3. The summed E-state index contributed by atoms with van der Waals surface area (Å²) in [5.41, 5.74) is 0. The molecule has 0 aliphatic heterocycles.